The van der Waals surface area contributed by atoms with Crippen molar-refractivity contribution in [3.8, 4) is 11.4 Å². The summed E-state index contributed by atoms with van der Waals surface area (Å²) in [6.07, 6.45) is 0.393. The molecule has 0 aliphatic heterocycles. The molecule has 0 saturated carbocycles. The lowest BCUT2D eigenvalue weighted by Gasteiger charge is -2.05. The molecule has 5 nitrogen and oxygen atoms in total. The molecule has 0 saturated heterocycles. The van der Waals surface area contributed by atoms with Crippen molar-refractivity contribution in [1.29, 1.82) is 0 Å². The summed E-state index contributed by atoms with van der Waals surface area (Å²) in [5.41, 5.74) is 2.23. The molecule has 0 fully saturated rings. The van der Waals surface area contributed by atoms with Crippen LogP contribution in [0.1, 0.15) is 37.6 Å². The van der Waals surface area contributed by atoms with Crippen molar-refractivity contribution in [2.75, 3.05) is 5.32 Å². The maximum Gasteiger partial charge on any atom is 0.227 e. The molecule has 3 aromatic rings. The maximum atomic E-state index is 13.8. The highest BCUT2D eigenvalue weighted by atomic mass is 79.9. The van der Waals surface area contributed by atoms with Gasteiger partial charge in [0.05, 0.1) is 5.69 Å². The first-order chi connectivity index (χ1) is 12.9. The van der Waals surface area contributed by atoms with Crippen molar-refractivity contribution in [3.63, 3.8) is 0 Å². The number of carbonyl (C=O) groups excluding carboxylic acids is 1. The van der Waals surface area contributed by atoms with Crippen LogP contribution >= 0.6 is 15.9 Å². The second-order valence-electron chi connectivity index (χ2n) is 6.46. The molecule has 0 atom stereocenters. The molecule has 1 N–H and O–H groups in total. The first kappa shape index (κ1) is 19.2. The number of benzene rings is 2. The molecule has 3 rings (SSSR count). The third-order valence-electron chi connectivity index (χ3n) is 4.07. The number of halogens is 2. The number of anilines is 1. The normalized spacial score (nSPS) is 11.0. The molecule has 1 aromatic heterocycles. The van der Waals surface area contributed by atoms with Crippen LogP contribution in [-0.2, 0) is 11.2 Å². The van der Waals surface area contributed by atoms with E-state index in [1.165, 1.54) is 17.7 Å². The van der Waals surface area contributed by atoms with Gasteiger partial charge in [0.1, 0.15) is 5.82 Å². The average Bonchev–Trinajstić information content (AvgIpc) is 3.11. The second kappa shape index (κ2) is 8.43. The summed E-state index contributed by atoms with van der Waals surface area (Å²) in [7, 11) is 0. The van der Waals surface area contributed by atoms with Crippen LogP contribution < -0.4 is 5.32 Å². The number of hydrogen-bond donors (Lipinski definition) is 1. The van der Waals surface area contributed by atoms with Crippen LogP contribution in [0.25, 0.3) is 11.4 Å². The Morgan fingerprint density at radius 2 is 1.96 bits per heavy atom. The zero-order valence-corrected chi connectivity index (χ0v) is 16.6. The second-order valence-corrected chi connectivity index (χ2v) is 7.38. The standard InChI is InChI=1S/C20H19BrFN3O2/c1-12(2)13-3-5-14(6-4-13)20-24-19(27-25-20)10-9-18(26)23-17-8-7-15(21)11-16(17)22/h3-8,11-12H,9-10H2,1-2H3,(H,23,26). The number of nitrogens with zero attached hydrogens (tertiary/aromatic N) is 2. The molecule has 1 amide bonds. The van der Waals surface area contributed by atoms with Crippen LogP contribution in [0.5, 0.6) is 0 Å². The minimum Gasteiger partial charge on any atom is -0.339 e. The minimum atomic E-state index is -0.498. The van der Waals surface area contributed by atoms with Gasteiger partial charge in [-0.05, 0) is 29.7 Å². The summed E-state index contributed by atoms with van der Waals surface area (Å²) in [6, 6.07) is 12.4. The molecule has 0 aliphatic carbocycles. The van der Waals surface area contributed by atoms with Gasteiger partial charge in [-0.25, -0.2) is 4.39 Å². The van der Waals surface area contributed by atoms with Gasteiger partial charge in [0.25, 0.3) is 0 Å². The molecule has 0 unspecified atom stereocenters. The Morgan fingerprint density at radius 3 is 2.63 bits per heavy atom. The van der Waals surface area contributed by atoms with Crippen LogP contribution in [-0.4, -0.2) is 16.0 Å². The SMILES string of the molecule is CC(C)c1ccc(-c2noc(CCC(=O)Nc3ccc(Br)cc3F)n2)cc1. The first-order valence-corrected chi connectivity index (χ1v) is 9.39. The Balaban J connectivity index is 1.58. The fourth-order valence-electron chi connectivity index (χ4n) is 2.51. The number of carbonyl (C=O) groups is 1. The highest BCUT2D eigenvalue weighted by molar-refractivity contribution is 9.10. The van der Waals surface area contributed by atoms with Gasteiger partial charge in [-0.3, -0.25) is 4.79 Å². The molecule has 0 aliphatic rings. The van der Waals surface area contributed by atoms with E-state index in [0.717, 1.165) is 5.56 Å². The Bertz CT molecular complexity index is 939. The molecule has 0 radical (unpaired) electrons. The molecular weight excluding hydrogens is 413 g/mol. The zero-order chi connectivity index (χ0) is 19.4. The van der Waals surface area contributed by atoms with Gasteiger partial charge in [0.2, 0.25) is 17.6 Å². The first-order valence-electron chi connectivity index (χ1n) is 8.60. The fraction of sp³-hybridized carbons (Fsp3) is 0.250. The van der Waals surface area contributed by atoms with E-state index in [-0.39, 0.29) is 24.4 Å². The van der Waals surface area contributed by atoms with E-state index in [9.17, 15) is 9.18 Å². The van der Waals surface area contributed by atoms with E-state index in [1.807, 2.05) is 24.3 Å². The molecule has 7 heteroatoms. The number of hydrogen-bond acceptors (Lipinski definition) is 4. The van der Waals surface area contributed by atoms with Crippen molar-refractivity contribution >= 4 is 27.5 Å². The van der Waals surface area contributed by atoms with Gasteiger partial charge in [-0.15, -0.1) is 0 Å². The van der Waals surface area contributed by atoms with Gasteiger partial charge in [-0.1, -0.05) is 59.2 Å². The van der Waals surface area contributed by atoms with E-state index in [0.29, 0.717) is 22.1 Å². The summed E-state index contributed by atoms with van der Waals surface area (Å²) in [5.74, 6) is 0.484. The number of rotatable bonds is 6. The van der Waals surface area contributed by atoms with Gasteiger partial charge in [0, 0.05) is 22.9 Å². The molecule has 27 heavy (non-hydrogen) atoms. The number of aryl methyl sites for hydroxylation is 1. The fourth-order valence-corrected chi connectivity index (χ4v) is 2.85. The summed E-state index contributed by atoms with van der Waals surface area (Å²) >= 11 is 3.18. The summed E-state index contributed by atoms with van der Waals surface area (Å²) in [6.45, 7) is 4.26. The summed E-state index contributed by atoms with van der Waals surface area (Å²) in [5, 5.41) is 6.50. The van der Waals surface area contributed by atoms with Crippen LogP contribution in [0, 0.1) is 5.82 Å². The van der Waals surface area contributed by atoms with Crippen LogP contribution in [0.3, 0.4) is 0 Å². The minimum absolute atomic E-state index is 0.115. The third kappa shape index (κ3) is 5.01. The number of nitrogens with one attached hydrogen (secondary N) is 1. The van der Waals surface area contributed by atoms with Gasteiger partial charge in [-0.2, -0.15) is 4.98 Å². The lowest BCUT2D eigenvalue weighted by Crippen LogP contribution is -2.13. The predicted octanol–water partition coefficient (Wildman–Crippen LogP) is 5.33. The Kier molecular flexibility index (Phi) is 6.01. The molecular formula is C20H19BrFN3O2. The Morgan fingerprint density at radius 1 is 1.22 bits per heavy atom. The van der Waals surface area contributed by atoms with Crippen molar-refractivity contribution in [2.24, 2.45) is 0 Å². The Labute approximate surface area is 165 Å². The predicted molar refractivity (Wildman–Crippen MR) is 105 cm³/mol. The number of aromatic nitrogens is 2. The van der Waals surface area contributed by atoms with Crippen LogP contribution in [0.2, 0.25) is 0 Å². The van der Waals surface area contributed by atoms with E-state index in [4.69, 9.17) is 4.52 Å². The van der Waals surface area contributed by atoms with Crippen molar-refractivity contribution in [1.82, 2.24) is 10.1 Å². The maximum absolute atomic E-state index is 13.8. The van der Waals surface area contributed by atoms with Crippen molar-refractivity contribution in [2.45, 2.75) is 32.6 Å². The van der Waals surface area contributed by atoms with Crippen LogP contribution in [0.15, 0.2) is 51.5 Å². The molecule has 1 heterocycles. The molecule has 2 aromatic carbocycles. The molecule has 140 valence electrons. The van der Waals surface area contributed by atoms with E-state index >= 15 is 0 Å². The highest BCUT2D eigenvalue weighted by Crippen LogP contribution is 2.21. The smallest absolute Gasteiger partial charge is 0.227 e. The molecule has 0 bridgehead atoms. The highest BCUT2D eigenvalue weighted by Gasteiger charge is 2.12. The van der Waals surface area contributed by atoms with Gasteiger partial charge in [0.15, 0.2) is 0 Å². The zero-order valence-electron chi connectivity index (χ0n) is 15.0. The Hall–Kier alpha value is -2.54. The molecule has 0 spiro atoms. The summed E-state index contributed by atoms with van der Waals surface area (Å²) < 4.78 is 19.6. The number of amides is 1. The van der Waals surface area contributed by atoms with E-state index < -0.39 is 5.82 Å². The third-order valence-corrected chi connectivity index (χ3v) is 4.57. The van der Waals surface area contributed by atoms with Crippen molar-refractivity contribution < 1.29 is 13.7 Å². The monoisotopic (exact) mass is 431 g/mol. The lowest BCUT2D eigenvalue weighted by molar-refractivity contribution is -0.116. The van der Waals surface area contributed by atoms with E-state index in [1.54, 1.807) is 6.07 Å². The summed E-state index contributed by atoms with van der Waals surface area (Å²) in [4.78, 5) is 16.3. The largest absolute Gasteiger partial charge is 0.339 e. The van der Waals surface area contributed by atoms with Crippen molar-refractivity contribution in [3.05, 3.63) is 64.2 Å². The lowest BCUT2D eigenvalue weighted by atomic mass is 10.0. The topological polar surface area (TPSA) is 68.0 Å². The quantitative estimate of drug-likeness (QED) is 0.572. The average molecular weight is 432 g/mol. The van der Waals surface area contributed by atoms with E-state index in [2.05, 4.69) is 45.2 Å². The van der Waals surface area contributed by atoms with Gasteiger partial charge < -0.3 is 9.84 Å². The van der Waals surface area contributed by atoms with Gasteiger partial charge >= 0.3 is 0 Å². The van der Waals surface area contributed by atoms with Crippen LogP contribution in [0.4, 0.5) is 10.1 Å².